The van der Waals surface area contributed by atoms with Gasteiger partial charge in [-0.25, -0.2) is 14.2 Å². The SMILES string of the molecule is CN(C)c1nc(NC2CCC(N(S)C(=O)NCc3cccc(F)c3)CC2)nc2ccccc12. The molecule has 2 aromatic carbocycles. The van der Waals surface area contributed by atoms with Crippen LogP contribution in [0.15, 0.2) is 48.5 Å². The number of nitrogens with one attached hydrogen (secondary N) is 2. The van der Waals surface area contributed by atoms with Crippen LogP contribution in [-0.4, -0.2) is 46.5 Å². The molecule has 1 aliphatic carbocycles. The first-order valence-corrected chi connectivity index (χ1v) is 11.5. The Balaban J connectivity index is 1.32. The van der Waals surface area contributed by atoms with Crippen LogP contribution in [0.1, 0.15) is 31.2 Å². The molecule has 0 atom stereocenters. The van der Waals surface area contributed by atoms with Gasteiger partial charge in [-0.05, 0) is 55.5 Å². The van der Waals surface area contributed by atoms with Crippen molar-refractivity contribution in [3.63, 3.8) is 0 Å². The summed E-state index contributed by atoms with van der Waals surface area (Å²) in [5.41, 5.74) is 1.62. The lowest BCUT2D eigenvalue weighted by molar-refractivity contribution is 0.204. The summed E-state index contributed by atoms with van der Waals surface area (Å²) in [6, 6.07) is 14.2. The van der Waals surface area contributed by atoms with Crippen LogP contribution in [0.2, 0.25) is 0 Å². The molecule has 2 amide bonds. The Morgan fingerprint density at radius 1 is 1.09 bits per heavy atom. The first-order chi connectivity index (χ1) is 15.9. The fourth-order valence-electron chi connectivity index (χ4n) is 4.18. The Kier molecular flexibility index (Phi) is 7.17. The average molecular weight is 469 g/mol. The lowest BCUT2D eigenvalue weighted by Crippen LogP contribution is -2.43. The van der Waals surface area contributed by atoms with Gasteiger partial charge in [-0.15, -0.1) is 0 Å². The summed E-state index contributed by atoms with van der Waals surface area (Å²) in [4.78, 5) is 23.9. The van der Waals surface area contributed by atoms with Crippen molar-refractivity contribution in [1.29, 1.82) is 0 Å². The van der Waals surface area contributed by atoms with Gasteiger partial charge >= 0.3 is 6.03 Å². The van der Waals surface area contributed by atoms with Gasteiger partial charge in [0, 0.05) is 38.1 Å². The lowest BCUT2D eigenvalue weighted by atomic mass is 9.91. The van der Waals surface area contributed by atoms with Gasteiger partial charge in [-0.3, -0.25) is 4.31 Å². The molecule has 0 saturated heterocycles. The van der Waals surface area contributed by atoms with E-state index in [1.54, 1.807) is 12.1 Å². The van der Waals surface area contributed by atoms with E-state index in [4.69, 9.17) is 4.98 Å². The largest absolute Gasteiger partial charge is 0.362 e. The molecule has 1 fully saturated rings. The van der Waals surface area contributed by atoms with Crippen LogP contribution in [-0.2, 0) is 6.54 Å². The Morgan fingerprint density at radius 2 is 1.85 bits per heavy atom. The second-order valence-corrected chi connectivity index (χ2v) is 9.00. The van der Waals surface area contributed by atoms with Crippen molar-refractivity contribution in [1.82, 2.24) is 19.6 Å². The molecule has 0 bridgehead atoms. The highest BCUT2D eigenvalue weighted by molar-refractivity contribution is 7.78. The van der Waals surface area contributed by atoms with E-state index in [-0.39, 0.29) is 30.5 Å². The third kappa shape index (κ3) is 5.65. The summed E-state index contributed by atoms with van der Waals surface area (Å²) in [5.74, 6) is 1.19. The summed E-state index contributed by atoms with van der Waals surface area (Å²) < 4.78 is 14.8. The standard InChI is InChI=1S/C24H29FN6OS/c1-30(2)22-20-8-3-4-9-21(20)28-23(29-22)27-18-10-12-19(13-11-18)31(33)24(32)26-15-16-6-5-7-17(25)14-16/h3-9,14,18-19,33H,10-13,15H2,1-2H3,(H,26,32)(H,27,28,29). The highest BCUT2D eigenvalue weighted by Crippen LogP contribution is 2.28. The van der Waals surface area contributed by atoms with E-state index in [0.29, 0.717) is 11.5 Å². The van der Waals surface area contributed by atoms with Crippen molar-refractivity contribution in [3.8, 4) is 0 Å². The molecule has 9 heteroatoms. The van der Waals surface area contributed by atoms with Gasteiger partial charge in [-0.2, -0.15) is 4.98 Å². The number of carbonyl (C=O) groups excluding carboxylic acids is 1. The first kappa shape index (κ1) is 23.1. The van der Waals surface area contributed by atoms with Gasteiger partial charge in [0.2, 0.25) is 5.95 Å². The molecule has 1 heterocycles. The number of rotatable bonds is 6. The molecule has 1 saturated carbocycles. The molecule has 2 N–H and O–H groups in total. The van der Waals surface area contributed by atoms with Crippen molar-refractivity contribution in [2.75, 3.05) is 24.3 Å². The van der Waals surface area contributed by atoms with E-state index >= 15 is 0 Å². The molecule has 0 spiro atoms. The second-order valence-electron chi connectivity index (χ2n) is 8.57. The smallest absolute Gasteiger partial charge is 0.327 e. The molecule has 3 aromatic rings. The van der Waals surface area contributed by atoms with Crippen LogP contribution in [0.25, 0.3) is 10.9 Å². The van der Waals surface area contributed by atoms with E-state index in [1.807, 2.05) is 43.3 Å². The number of hydrogen-bond acceptors (Lipinski definition) is 6. The maximum absolute atomic E-state index is 13.3. The third-order valence-electron chi connectivity index (χ3n) is 5.92. The number of aromatic nitrogens is 2. The van der Waals surface area contributed by atoms with Gasteiger partial charge in [0.15, 0.2) is 0 Å². The van der Waals surface area contributed by atoms with Crippen molar-refractivity contribution < 1.29 is 9.18 Å². The third-order valence-corrected chi connectivity index (χ3v) is 6.43. The van der Waals surface area contributed by atoms with Gasteiger partial charge in [-0.1, -0.05) is 37.1 Å². The number of para-hydroxylation sites is 1. The molecule has 0 radical (unpaired) electrons. The van der Waals surface area contributed by atoms with Crippen LogP contribution in [0.5, 0.6) is 0 Å². The Labute approximate surface area is 198 Å². The summed E-state index contributed by atoms with van der Waals surface area (Å²) in [6.45, 7) is 0.262. The van der Waals surface area contributed by atoms with E-state index in [0.717, 1.165) is 42.4 Å². The number of fused-ring (bicyclic) bond motifs is 1. The monoisotopic (exact) mass is 468 g/mol. The minimum absolute atomic E-state index is 0.0359. The number of carbonyl (C=O) groups is 1. The number of halogens is 1. The van der Waals surface area contributed by atoms with Crippen LogP contribution in [0.4, 0.5) is 21.0 Å². The van der Waals surface area contributed by atoms with E-state index < -0.39 is 0 Å². The Hall–Kier alpha value is -3.07. The molecule has 0 unspecified atom stereocenters. The molecular weight excluding hydrogens is 439 g/mol. The number of benzene rings is 2. The quantitative estimate of drug-likeness (QED) is 0.461. The highest BCUT2D eigenvalue weighted by Gasteiger charge is 2.28. The zero-order valence-corrected chi connectivity index (χ0v) is 19.7. The topological polar surface area (TPSA) is 73.4 Å². The van der Waals surface area contributed by atoms with Crippen molar-refractivity contribution in [3.05, 3.63) is 59.9 Å². The minimum Gasteiger partial charge on any atom is -0.362 e. The fraction of sp³-hybridized carbons (Fsp3) is 0.375. The van der Waals surface area contributed by atoms with E-state index in [9.17, 15) is 9.18 Å². The molecule has 174 valence electrons. The predicted molar refractivity (Wildman–Crippen MR) is 133 cm³/mol. The van der Waals surface area contributed by atoms with Crippen molar-refractivity contribution in [2.24, 2.45) is 0 Å². The summed E-state index contributed by atoms with van der Waals surface area (Å²) in [5, 5.41) is 7.31. The summed E-state index contributed by atoms with van der Waals surface area (Å²) >= 11 is 4.44. The zero-order valence-electron chi connectivity index (χ0n) is 18.8. The molecule has 7 nitrogen and oxygen atoms in total. The molecule has 4 rings (SSSR count). The summed E-state index contributed by atoms with van der Waals surface area (Å²) in [7, 11) is 3.95. The first-order valence-electron chi connectivity index (χ1n) is 11.1. The van der Waals surface area contributed by atoms with Crippen LogP contribution >= 0.6 is 12.8 Å². The van der Waals surface area contributed by atoms with Crippen molar-refractivity contribution in [2.45, 2.75) is 44.3 Å². The number of thiol groups is 1. The van der Waals surface area contributed by atoms with Gasteiger partial charge in [0.25, 0.3) is 0 Å². The number of amides is 2. The Bertz CT molecular complexity index is 1120. The predicted octanol–water partition coefficient (Wildman–Crippen LogP) is 4.61. The van der Waals surface area contributed by atoms with Crippen LogP contribution in [0, 0.1) is 5.82 Å². The number of hydrogen-bond donors (Lipinski definition) is 3. The highest BCUT2D eigenvalue weighted by atomic mass is 32.1. The maximum atomic E-state index is 13.3. The lowest BCUT2D eigenvalue weighted by Gasteiger charge is -2.34. The fourth-order valence-corrected chi connectivity index (χ4v) is 4.49. The number of urea groups is 1. The van der Waals surface area contributed by atoms with Crippen molar-refractivity contribution >= 4 is 41.5 Å². The van der Waals surface area contributed by atoms with E-state index in [1.165, 1.54) is 16.4 Å². The van der Waals surface area contributed by atoms with Crippen LogP contribution in [0.3, 0.4) is 0 Å². The van der Waals surface area contributed by atoms with E-state index in [2.05, 4.69) is 28.4 Å². The normalized spacial score (nSPS) is 18.1. The summed E-state index contributed by atoms with van der Waals surface area (Å²) in [6.07, 6.45) is 3.41. The average Bonchev–Trinajstić information content (AvgIpc) is 2.82. The van der Waals surface area contributed by atoms with Crippen LogP contribution < -0.4 is 15.5 Å². The number of anilines is 2. The molecule has 33 heavy (non-hydrogen) atoms. The minimum atomic E-state index is -0.316. The molecular formula is C24H29FN6OS. The molecule has 1 aliphatic rings. The Morgan fingerprint density at radius 3 is 2.58 bits per heavy atom. The molecule has 1 aromatic heterocycles. The number of nitrogens with zero attached hydrogens (tertiary/aromatic N) is 4. The van der Waals surface area contributed by atoms with Gasteiger partial charge in [0.05, 0.1) is 5.52 Å². The maximum Gasteiger partial charge on any atom is 0.327 e. The second kappa shape index (κ2) is 10.2. The van der Waals surface area contributed by atoms with Gasteiger partial charge in [0.1, 0.15) is 11.6 Å². The van der Waals surface area contributed by atoms with Gasteiger partial charge < -0.3 is 15.5 Å². The zero-order chi connectivity index (χ0) is 23.4. The molecule has 0 aliphatic heterocycles.